The SMILES string of the molecule is O=P(O)(O)[O][Mo]([SH])[SH]. The number of hydrogen-bond donors (Lipinski definition) is 4. The third-order valence-corrected chi connectivity index (χ3v) is 5.27. The molecule has 0 unspecified atom stereocenters. The Morgan fingerprint density at radius 2 is 1.88 bits per heavy atom. The molecule has 51 valence electrons. The summed E-state index contributed by atoms with van der Waals surface area (Å²) in [5, 5.41) is 0. The zero-order chi connectivity index (χ0) is 6.78. The molecule has 0 aliphatic carbocycles. The fraction of sp³-hybridized carbons (Fsp3) is 0. The number of rotatable bonds is 2. The maximum absolute atomic E-state index is 9.86. The van der Waals surface area contributed by atoms with Gasteiger partial charge in [-0.1, -0.05) is 0 Å². The van der Waals surface area contributed by atoms with Crippen LogP contribution in [0.4, 0.5) is 0 Å². The van der Waals surface area contributed by atoms with Crippen molar-refractivity contribution in [2.45, 2.75) is 0 Å². The van der Waals surface area contributed by atoms with Crippen molar-refractivity contribution < 1.29 is 32.7 Å². The van der Waals surface area contributed by atoms with Crippen molar-refractivity contribution in [3.8, 4) is 0 Å². The van der Waals surface area contributed by atoms with Crippen LogP contribution in [0.1, 0.15) is 0 Å². The molecule has 0 heterocycles. The van der Waals surface area contributed by atoms with Crippen LogP contribution in [0.3, 0.4) is 0 Å². The van der Waals surface area contributed by atoms with Crippen LogP contribution in [0.2, 0.25) is 0 Å². The van der Waals surface area contributed by atoms with E-state index in [0.717, 1.165) is 0 Å². The van der Waals surface area contributed by atoms with Gasteiger partial charge in [-0.2, -0.15) is 0 Å². The van der Waals surface area contributed by atoms with Crippen molar-refractivity contribution in [1.82, 2.24) is 0 Å². The molecule has 0 rings (SSSR count). The quantitative estimate of drug-likeness (QED) is 0.327. The molecular weight excluding hydrogens is 255 g/mol. The predicted octanol–water partition coefficient (Wildman–Crippen LogP) is 0.318. The Hall–Kier alpha value is 1.50. The van der Waals surface area contributed by atoms with Crippen LogP contribution in [0, 0.1) is 0 Å². The van der Waals surface area contributed by atoms with Crippen LogP contribution in [0.25, 0.3) is 0 Å². The molecule has 0 aliphatic rings. The molecule has 8 heteroatoms. The summed E-state index contributed by atoms with van der Waals surface area (Å²) in [6.45, 7) is 0. The molecule has 0 aromatic heterocycles. The fourth-order valence-electron chi connectivity index (χ4n) is 0.0868. The molecule has 2 N–H and O–H groups in total. The predicted molar refractivity (Wildman–Crippen MR) is 31.1 cm³/mol. The van der Waals surface area contributed by atoms with Gasteiger partial charge in [-0.15, -0.1) is 0 Å². The van der Waals surface area contributed by atoms with Crippen molar-refractivity contribution in [3.63, 3.8) is 0 Å². The molecule has 0 bridgehead atoms. The van der Waals surface area contributed by atoms with Crippen molar-refractivity contribution in [3.05, 3.63) is 0 Å². The van der Waals surface area contributed by atoms with Gasteiger partial charge < -0.3 is 0 Å². The number of phosphoric acid groups is 1. The van der Waals surface area contributed by atoms with Crippen molar-refractivity contribution in [2.24, 2.45) is 0 Å². The third kappa shape index (κ3) is 7.50. The molecule has 4 nitrogen and oxygen atoms in total. The minimum atomic E-state index is -4.30. The Labute approximate surface area is 61.1 Å². The first kappa shape index (κ1) is 9.50. The van der Waals surface area contributed by atoms with E-state index in [4.69, 9.17) is 9.79 Å². The minimum absolute atomic E-state index is 2.42. The molecule has 0 fully saturated rings. The Bertz CT molecular complexity index is 107. The van der Waals surface area contributed by atoms with Crippen LogP contribution in [0.5, 0.6) is 0 Å². The second kappa shape index (κ2) is 3.61. The summed E-state index contributed by atoms with van der Waals surface area (Å²) in [6.07, 6.45) is 0. The van der Waals surface area contributed by atoms with Gasteiger partial charge in [0.2, 0.25) is 0 Å². The standard InChI is InChI=1S/Mo.H3O4P.2H2S/c;1-5(2,3)4;;/h;(H3,1,2,3,4);2*1H2/q+3;;;/p-3. The Balaban J connectivity index is 3.56. The normalized spacial score (nSPS) is 12.6. The van der Waals surface area contributed by atoms with Gasteiger partial charge in [0.1, 0.15) is 0 Å². The van der Waals surface area contributed by atoms with Crippen molar-refractivity contribution >= 4 is 28.5 Å². The van der Waals surface area contributed by atoms with Crippen LogP contribution in [0.15, 0.2) is 0 Å². The second-order valence-corrected chi connectivity index (χ2v) is 9.79. The molecule has 0 aliphatic heterocycles. The van der Waals surface area contributed by atoms with E-state index in [1.54, 1.807) is 0 Å². The summed E-state index contributed by atoms with van der Waals surface area (Å²) in [5.74, 6) is 0. The first-order valence-corrected chi connectivity index (χ1v) is 9.76. The van der Waals surface area contributed by atoms with Crippen LogP contribution in [-0.2, 0) is 22.9 Å². The molecule has 0 aromatic rings. The van der Waals surface area contributed by atoms with Gasteiger partial charge in [-0.3, -0.25) is 0 Å². The Kier molecular flexibility index (Phi) is 4.29. The molecule has 0 spiro atoms. The van der Waals surface area contributed by atoms with Crippen LogP contribution >= 0.6 is 28.5 Å². The van der Waals surface area contributed by atoms with Gasteiger partial charge in [0, 0.05) is 0 Å². The van der Waals surface area contributed by atoms with E-state index in [-0.39, 0.29) is 0 Å². The van der Waals surface area contributed by atoms with Crippen LogP contribution < -0.4 is 0 Å². The first-order chi connectivity index (χ1) is 3.42. The average molecular weight is 259 g/mol. The molecule has 0 aromatic carbocycles. The summed E-state index contributed by atoms with van der Waals surface area (Å²) in [6, 6.07) is 0. The molecule has 0 amide bonds. The summed E-state index contributed by atoms with van der Waals surface area (Å²) in [4.78, 5) is 16.0. The summed E-state index contributed by atoms with van der Waals surface area (Å²) < 4.78 is 13.9. The zero-order valence-corrected chi connectivity index (χ0v) is 8.15. The first-order valence-electron chi connectivity index (χ1n) is 1.30. The zero-order valence-electron chi connectivity index (χ0n) is 3.46. The summed E-state index contributed by atoms with van der Waals surface area (Å²) in [7, 11) is 2.92. The Morgan fingerprint density at radius 3 is 1.88 bits per heavy atom. The molecule has 0 radical (unpaired) electrons. The molecule has 0 saturated carbocycles. The van der Waals surface area contributed by atoms with E-state index in [1.807, 2.05) is 0 Å². The monoisotopic (exact) mass is 261 g/mol. The summed E-state index contributed by atoms with van der Waals surface area (Å²) >= 11 is -2.42. The van der Waals surface area contributed by atoms with Crippen molar-refractivity contribution in [2.75, 3.05) is 0 Å². The van der Waals surface area contributed by atoms with Gasteiger partial charge in [0.25, 0.3) is 0 Å². The van der Waals surface area contributed by atoms with E-state index in [2.05, 4.69) is 23.8 Å². The average Bonchev–Trinajstić information content (AvgIpc) is 1.21. The number of hydrogen-bond acceptors (Lipinski definition) is 4. The van der Waals surface area contributed by atoms with E-state index >= 15 is 0 Å². The van der Waals surface area contributed by atoms with Gasteiger partial charge >= 0.3 is 61.2 Å². The fourth-order valence-corrected chi connectivity index (χ4v) is 4.62. The van der Waals surface area contributed by atoms with Gasteiger partial charge in [-0.05, 0) is 0 Å². The third-order valence-electron chi connectivity index (χ3n) is 0.164. The topological polar surface area (TPSA) is 66.8 Å². The van der Waals surface area contributed by atoms with E-state index in [9.17, 15) is 4.57 Å². The van der Waals surface area contributed by atoms with Crippen molar-refractivity contribution in [1.29, 1.82) is 0 Å². The maximum atomic E-state index is 9.86. The van der Waals surface area contributed by atoms with E-state index in [1.165, 1.54) is 0 Å². The van der Waals surface area contributed by atoms with Crippen LogP contribution in [-0.4, -0.2) is 9.79 Å². The molecular formula is H4MoO4PS2. The van der Waals surface area contributed by atoms with Gasteiger partial charge in [-0.25, -0.2) is 0 Å². The van der Waals surface area contributed by atoms with E-state index in [0.29, 0.717) is 0 Å². The second-order valence-electron chi connectivity index (χ2n) is 0.796. The molecule has 0 atom stereocenters. The van der Waals surface area contributed by atoms with Gasteiger partial charge in [0.05, 0.1) is 0 Å². The molecule has 0 saturated heterocycles. The van der Waals surface area contributed by atoms with E-state index < -0.39 is 23.0 Å². The summed E-state index contributed by atoms with van der Waals surface area (Å²) in [5.41, 5.74) is 0. The Morgan fingerprint density at radius 1 is 1.50 bits per heavy atom. The number of thiol groups is 2. The van der Waals surface area contributed by atoms with Gasteiger partial charge in [0.15, 0.2) is 0 Å². The molecule has 8 heavy (non-hydrogen) atoms.